The lowest BCUT2D eigenvalue weighted by atomic mass is 10.1. The number of rotatable bonds is 7. The lowest BCUT2D eigenvalue weighted by Crippen LogP contribution is -2.35. The SMILES string of the molecule is CCOc1ccc(NC(=S)N(Cc2cccnc2)Cc2cc3ccc(C)cc3[nH]c2=O)cc1. The van der Waals surface area contributed by atoms with E-state index in [0.717, 1.165) is 33.5 Å². The van der Waals surface area contributed by atoms with Crippen molar-refractivity contribution in [3.63, 3.8) is 0 Å². The number of aromatic nitrogens is 2. The summed E-state index contributed by atoms with van der Waals surface area (Å²) in [5.74, 6) is 0.805. The van der Waals surface area contributed by atoms with E-state index >= 15 is 0 Å². The molecule has 0 unspecified atom stereocenters. The van der Waals surface area contributed by atoms with Gasteiger partial charge in [-0.25, -0.2) is 0 Å². The Balaban J connectivity index is 1.60. The summed E-state index contributed by atoms with van der Waals surface area (Å²) in [6.45, 7) is 5.45. The van der Waals surface area contributed by atoms with Crippen LogP contribution in [0.3, 0.4) is 0 Å². The van der Waals surface area contributed by atoms with Crippen molar-refractivity contribution in [1.29, 1.82) is 0 Å². The highest BCUT2D eigenvalue weighted by atomic mass is 32.1. The third-order valence-corrected chi connectivity index (χ3v) is 5.60. The van der Waals surface area contributed by atoms with Gasteiger partial charge in [-0.1, -0.05) is 18.2 Å². The van der Waals surface area contributed by atoms with Crippen LogP contribution < -0.4 is 15.6 Å². The van der Waals surface area contributed by atoms with E-state index in [-0.39, 0.29) is 5.56 Å². The Bertz CT molecular complexity index is 1300. The molecule has 4 aromatic rings. The predicted octanol–water partition coefficient (Wildman–Crippen LogP) is 5.03. The van der Waals surface area contributed by atoms with Crippen molar-refractivity contribution in [3.05, 3.63) is 100 Å². The van der Waals surface area contributed by atoms with E-state index in [1.165, 1.54) is 0 Å². The number of nitrogens with zero attached hydrogens (tertiary/aromatic N) is 2. The molecule has 0 aliphatic carbocycles. The highest BCUT2D eigenvalue weighted by molar-refractivity contribution is 7.80. The molecule has 168 valence electrons. The molecule has 0 saturated heterocycles. The normalized spacial score (nSPS) is 10.7. The zero-order valence-corrected chi connectivity index (χ0v) is 19.5. The van der Waals surface area contributed by atoms with Gasteiger partial charge < -0.3 is 19.9 Å². The molecule has 0 fully saturated rings. The summed E-state index contributed by atoms with van der Waals surface area (Å²) in [6, 6.07) is 19.5. The molecule has 0 saturated carbocycles. The number of aromatic amines is 1. The summed E-state index contributed by atoms with van der Waals surface area (Å²) in [7, 11) is 0. The quantitative estimate of drug-likeness (QED) is 0.379. The van der Waals surface area contributed by atoms with Crippen LogP contribution in [0.25, 0.3) is 10.9 Å². The van der Waals surface area contributed by atoms with Gasteiger partial charge in [-0.2, -0.15) is 0 Å². The molecule has 7 heteroatoms. The molecule has 2 N–H and O–H groups in total. The number of thiocarbonyl (C=S) groups is 1. The second kappa shape index (κ2) is 10.3. The van der Waals surface area contributed by atoms with Crippen LogP contribution in [-0.2, 0) is 13.1 Å². The molecule has 0 amide bonds. The van der Waals surface area contributed by atoms with Crippen LogP contribution in [0.1, 0.15) is 23.6 Å². The van der Waals surface area contributed by atoms with Gasteiger partial charge in [0.05, 0.1) is 13.2 Å². The second-order valence-electron chi connectivity index (χ2n) is 7.82. The van der Waals surface area contributed by atoms with Crippen molar-refractivity contribution < 1.29 is 4.74 Å². The topological polar surface area (TPSA) is 70.2 Å². The van der Waals surface area contributed by atoms with Crippen LogP contribution >= 0.6 is 12.2 Å². The molecule has 2 aromatic carbocycles. The first kappa shape index (κ1) is 22.5. The fourth-order valence-corrected chi connectivity index (χ4v) is 3.85. The summed E-state index contributed by atoms with van der Waals surface area (Å²) in [6.07, 6.45) is 3.54. The first-order valence-electron chi connectivity index (χ1n) is 10.8. The van der Waals surface area contributed by atoms with Crippen LogP contribution in [0.5, 0.6) is 5.75 Å². The van der Waals surface area contributed by atoms with Crippen LogP contribution in [0, 0.1) is 6.92 Å². The zero-order chi connectivity index (χ0) is 23.2. The zero-order valence-electron chi connectivity index (χ0n) is 18.7. The van der Waals surface area contributed by atoms with Crippen LogP contribution in [-0.4, -0.2) is 26.6 Å². The van der Waals surface area contributed by atoms with Gasteiger partial charge >= 0.3 is 0 Å². The molecule has 4 rings (SSSR count). The summed E-state index contributed by atoms with van der Waals surface area (Å²) in [4.78, 5) is 22.0. The number of fused-ring (bicyclic) bond motifs is 1. The number of hydrogen-bond acceptors (Lipinski definition) is 4. The molecule has 33 heavy (non-hydrogen) atoms. The Hall–Kier alpha value is -3.71. The molecular formula is C26H26N4O2S. The van der Waals surface area contributed by atoms with E-state index in [1.54, 1.807) is 12.4 Å². The van der Waals surface area contributed by atoms with Crippen molar-refractivity contribution in [3.8, 4) is 5.75 Å². The third kappa shape index (κ3) is 5.75. The Morgan fingerprint density at radius 3 is 2.67 bits per heavy atom. The van der Waals surface area contributed by atoms with Gasteiger partial charge in [0.15, 0.2) is 5.11 Å². The largest absolute Gasteiger partial charge is 0.494 e. The van der Waals surface area contributed by atoms with E-state index in [0.29, 0.717) is 30.4 Å². The van der Waals surface area contributed by atoms with Gasteiger partial charge in [-0.3, -0.25) is 9.78 Å². The van der Waals surface area contributed by atoms with Gasteiger partial charge in [0, 0.05) is 35.7 Å². The average molecular weight is 459 g/mol. The van der Waals surface area contributed by atoms with Crippen molar-refractivity contribution >= 4 is 33.9 Å². The molecule has 0 spiro atoms. The summed E-state index contributed by atoms with van der Waals surface area (Å²) in [5, 5.41) is 4.79. The number of benzene rings is 2. The summed E-state index contributed by atoms with van der Waals surface area (Å²) in [5.41, 5.74) is 4.31. The molecule has 0 bridgehead atoms. The number of H-pyrrole nitrogens is 1. The molecule has 0 radical (unpaired) electrons. The monoisotopic (exact) mass is 458 g/mol. The van der Waals surface area contributed by atoms with E-state index in [1.807, 2.05) is 79.4 Å². The van der Waals surface area contributed by atoms with Crippen molar-refractivity contribution in [2.24, 2.45) is 0 Å². The summed E-state index contributed by atoms with van der Waals surface area (Å²) < 4.78 is 5.51. The fraction of sp³-hybridized carbons (Fsp3) is 0.192. The standard InChI is InChI=1S/C26H26N4O2S/c1-3-32-23-10-8-22(9-11-23)28-26(33)30(16-19-5-4-12-27-15-19)17-21-14-20-7-6-18(2)13-24(20)29-25(21)31/h4-15H,3,16-17H2,1-2H3,(H,28,33)(H,29,31). The second-order valence-corrected chi connectivity index (χ2v) is 8.21. The molecule has 2 aromatic heterocycles. The van der Waals surface area contributed by atoms with E-state index in [4.69, 9.17) is 17.0 Å². The van der Waals surface area contributed by atoms with Crippen molar-refractivity contribution in [2.75, 3.05) is 11.9 Å². The highest BCUT2D eigenvalue weighted by Gasteiger charge is 2.15. The van der Waals surface area contributed by atoms with Gasteiger partial charge in [0.2, 0.25) is 0 Å². The Kier molecular flexibility index (Phi) is 7.00. The minimum atomic E-state index is -0.117. The van der Waals surface area contributed by atoms with E-state index in [9.17, 15) is 4.79 Å². The first-order valence-corrected chi connectivity index (χ1v) is 11.2. The van der Waals surface area contributed by atoms with Gasteiger partial charge in [0.25, 0.3) is 5.56 Å². The lowest BCUT2D eigenvalue weighted by molar-refractivity contribution is 0.340. The maximum atomic E-state index is 12.8. The predicted molar refractivity (Wildman–Crippen MR) is 137 cm³/mol. The number of pyridine rings is 2. The van der Waals surface area contributed by atoms with E-state index < -0.39 is 0 Å². The molecule has 0 atom stereocenters. The van der Waals surface area contributed by atoms with Gasteiger partial charge in [0.1, 0.15) is 5.75 Å². The molecule has 6 nitrogen and oxygen atoms in total. The number of hydrogen-bond donors (Lipinski definition) is 2. The fourth-order valence-electron chi connectivity index (χ4n) is 3.60. The minimum absolute atomic E-state index is 0.117. The molecule has 2 heterocycles. The van der Waals surface area contributed by atoms with Crippen molar-refractivity contribution in [1.82, 2.24) is 14.9 Å². The third-order valence-electron chi connectivity index (χ3n) is 5.24. The van der Waals surface area contributed by atoms with Crippen LogP contribution in [0.15, 0.2) is 77.9 Å². The maximum Gasteiger partial charge on any atom is 0.253 e. The van der Waals surface area contributed by atoms with Crippen LogP contribution in [0.2, 0.25) is 0 Å². The number of ether oxygens (including phenoxy) is 1. The lowest BCUT2D eigenvalue weighted by Gasteiger charge is -2.26. The number of nitrogens with one attached hydrogen (secondary N) is 2. The van der Waals surface area contributed by atoms with Gasteiger partial charge in [-0.15, -0.1) is 0 Å². The first-order chi connectivity index (χ1) is 16.0. The molecular weight excluding hydrogens is 432 g/mol. The summed E-state index contributed by atoms with van der Waals surface area (Å²) >= 11 is 5.75. The minimum Gasteiger partial charge on any atom is -0.494 e. The number of aryl methyl sites for hydroxylation is 1. The van der Waals surface area contributed by atoms with Crippen LogP contribution in [0.4, 0.5) is 5.69 Å². The number of anilines is 1. The Morgan fingerprint density at radius 1 is 1.12 bits per heavy atom. The smallest absolute Gasteiger partial charge is 0.253 e. The van der Waals surface area contributed by atoms with E-state index in [2.05, 4.69) is 15.3 Å². The molecule has 0 aliphatic heterocycles. The average Bonchev–Trinajstić information content (AvgIpc) is 2.81. The Morgan fingerprint density at radius 2 is 1.94 bits per heavy atom. The Labute approximate surface area is 198 Å². The van der Waals surface area contributed by atoms with Gasteiger partial charge in [-0.05, 0) is 85.0 Å². The highest BCUT2D eigenvalue weighted by Crippen LogP contribution is 2.18. The van der Waals surface area contributed by atoms with Crippen molar-refractivity contribution in [2.45, 2.75) is 26.9 Å². The maximum absolute atomic E-state index is 12.8. The molecule has 0 aliphatic rings.